The van der Waals surface area contributed by atoms with Crippen LogP contribution in [0.1, 0.15) is 20.8 Å². The van der Waals surface area contributed by atoms with E-state index in [1.54, 1.807) is 0 Å². The van der Waals surface area contributed by atoms with Crippen molar-refractivity contribution in [1.29, 1.82) is 0 Å². The quantitative estimate of drug-likeness (QED) is 0.408. The lowest BCUT2D eigenvalue weighted by atomic mass is 10.1. The molecule has 3 heteroatoms. The molecule has 52 valence electrons. The van der Waals surface area contributed by atoms with Crippen molar-refractivity contribution in [2.45, 2.75) is 27.6 Å². The van der Waals surface area contributed by atoms with E-state index in [-0.39, 0.29) is 4.77 Å². The van der Waals surface area contributed by atoms with Crippen LogP contribution < -0.4 is 0 Å². The first-order valence-electron chi connectivity index (χ1n) is 2.99. The molecular weight excluding hydrogens is 226 g/mol. The molecule has 0 saturated heterocycles. The Morgan fingerprint density at radius 1 is 1.33 bits per heavy atom. The third-order valence-electron chi connectivity index (χ3n) is 1.04. The van der Waals surface area contributed by atoms with E-state index in [0.717, 1.165) is 5.76 Å². The average molecular weight is 238 g/mol. The van der Waals surface area contributed by atoms with Gasteiger partial charge in [0.2, 0.25) is 0 Å². The summed E-state index contributed by atoms with van der Waals surface area (Å²) in [5.41, 5.74) is 1.25. The zero-order valence-corrected chi connectivity index (χ0v) is 8.52. The Hall–Kier alpha value is 0.335. The van der Waals surface area contributed by atoms with Gasteiger partial charge in [-0.25, -0.2) is 0 Å². The summed E-state index contributed by atoms with van der Waals surface area (Å²) in [6.07, 6.45) is 0. The fourth-order valence-corrected chi connectivity index (χ4v) is 0.743. The minimum Gasteiger partial charge on any atom is -0.554 e. The molecule has 0 amide bonds. The highest BCUT2D eigenvalue weighted by molar-refractivity contribution is 14.1. The summed E-state index contributed by atoms with van der Waals surface area (Å²) in [6, 6.07) is 0. The Labute approximate surface area is 70.8 Å². The molecule has 0 saturated carbocycles. The van der Waals surface area contributed by atoms with Crippen LogP contribution >= 0.6 is 22.4 Å². The van der Waals surface area contributed by atoms with Gasteiger partial charge in [0.25, 0.3) is 0 Å². The van der Waals surface area contributed by atoms with Gasteiger partial charge in [-0.3, -0.25) is 0 Å². The van der Waals surface area contributed by atoms with Crippen molar-refractivity contribution in [3.05, 3.63) is 11.3 Å². The molecule has 0 fully saturated rings. The minimum absolute atomic E-state index is 0.275. The largest absolute Gasteiger partial charge is 0.554 e. The van der Waals surface area contributed by atoms with Crippen molar-refractivity contribution in [2.24, 2.45) is 0 Å². The predicted octanol–water partition coefficient (Wildman–Crippen LogP) is 2.87. The third kappa shape index (κ3) is 4.81. The molecule has 0 aliphatic rings. The van der Waals surface area contributed by atoms with E-state index in [1.165, 1.54) is 5.57 Å². The van der Waals surface area contributed by atoms with Crippen LogP contribution in [0.2, 0.25) is 6.82 Å². The van der Waals surface area contributed by atoms with E-state index in [0.29, 0.717) is 0 Å². The van der Waals surface area contributed by atoms with Gasteiger partial charge < -0.3 is 4.65 Å². The molecule has 0 aliphatic heterocycles. The molecule has 0 aromatic carbocycles. The SMILES string of the molecule is CB(I)OC(C)=C(C)C. The van der Waals surface area contributed by atoms with Gasteiger partial charge in [0.1, 0.15) is 0 Å². The first kappa shape index (κ1) is 9.33. The lowest BCUT2D eigenvalue weighted by Gasteiger charge is -2.07. The van der Waals surface area contributed by atoms with E-state index >= 15 is 0 Å². The lowest BCUT2D eigenvalue weighted by Crippen LogP contribution is -2.02. The van der Waals surface area contributed by atoms with Crippen molar-refractivity contribution in [3.8, 4) is 0 Å². The Bertz CT molecular complexity index is 116. The third-order valence-corrected chi connectivity index (χ3v) is 1.30. The number of allylic oxidation sites excluding steroid dienone is 2. The highest BCUT2D eigenvalue weighted by Crippen LogP contribution is 2.08. The summed E-state index contributed by atoms with van der Waals surface area (Å²) in [6.45, 7) is 8.11. The molecular formula is C6H12BIO. The summed E-state index contributed by atoms with van der Waals surface area (Å²) in [5.74, 6) is 1.04. The van der Waals surface area contributed by atoms with Crippen LogP contribution in [-0.4, -0.2) is 4.77 Å². The van der Waals surface area contributed by atoms with Gasteiger partial charge in [-0.2, -0.15) is 0 Å². The second-order valence-electron chi connectivity index (χ2n) is 2.22. The van der Waals surface area contributed by atoms with E-state index in [4.69, 9.17) is 4.65 Å². The van der Waals surface area contributed by atoms with Crippen LogP contribution in [0.15, 0.2) is 11.3 Å². The van der Waals surface area contributed by atoms with E-state index in [1.807, 2.05) is 27.6 Å². The smallest absolute Gasteiger partial charge is 0.425 e. The zero-order chi connectivity index (χ0) is 7.44. The molecule has 0 spiro atoms. The summed E-state index contributed by atoms with van der Waals surface area (Å²) >= 11 is 2.23. The van der Waals surface area contributed by atoms with Gasteiger partial charge in [-0.15, -0.1) is 0 Å². The first-order chi connectivity index (χ1) is 4.04. The number of hydrogen-bond donors (Lipinski definition) is 0. The summed E-state index contributed by atoms with van der Waals surface area (Å²) < 4.78 is 5.65. The van der Waals surface area contributed by atoms with Crippen molar-refractivity contribution >= 4 is 27.1 Å². The maximum atomic E-state index is 5.38. The van der Waals surface area contributed by atoms with Gasteiger partial charge in [0.15, 0.2) is 0 Å². The van der Waals surface area contributed by atoms with Crippen molar-refractivity contribution in [1.82, 2.24) is 0 Å². The van der Waals surface area contributed by atoms with E-state index in [9.17, 15) is 0 Å². The van der Waals surface area contributed by atoms with E-state index < -0.39 is 0 Å². The molecule has 0 radical (unpaired) electrons. The molecule has 0 aromatic heterocycles. The molecule has 0 atom stereocenters. The van der Waals surface area contributed by atoms with Crippen molar-refractivity contribution in [3.63, 3.8) is 0 Å². The average Bonchev–Trinajstić information content (AvgIpc) is 1.63. The van der Waals surface area contributed by atoms with Gasteiger partial charge in [0, 0.05) is 0 Å². The molecule has 9 heavy (non-hydrogen) atoms. The zero-order valence-electron chi connectivity index (χ0n) is 6.36. The lowest BCUT2D eigenvalue weighted by molar-refractivity contribution is 0.449. The fraction of sp³-hybridized carbons (Fsp3) is 0.667. The van der Waals surface area contributed by atoms with Gasteiger partial charge in [-0.05, 0) is 33.2 Å². The summed E-state index contributed by atoms with van der Waals surface area (Å²) in [5, 5.41) is 0. The minimum atomic E-state index is 0.275. The van der Waals surface area contributed by atoms with Gasteiger partial charge in [-0.1, -0.05) is 22.4 Å². The predicted molar refractivity (Wildman–Crippen MR) is 50.8 cm³/mol. The molecule has 0 bridgehead atoms. The van der Waals surface area contributed by atoms with Gasteiger partial charge >= 0.3 is 4.77 Å². The first-order valence-corrected chi connectivity index (χ1v) is 4.23. The van der Waals surface area contributed by atoms with Crippen molar-refractivity contribution < 1.29 is 4.65 Å². The van der Waals surface area contributed by atoms with Crippen LogP contribution in [0, 0.1) is 0 Å². The Balaban J connectivity index is 3.77. The van der Waals surface area contributed by atoms with Crippen molar-refractivity contribution in [2.75, 3.05) is 0 Å². The van der Waals surface area contributed by atoms with Crippen LogP contribution in [0.25, 0.3) is 0 Å². The number of hydrogen-bond acceptors (Lipinski definition) is 1. The second kappa shape index (κ2) is 4.20. The number of halogens is 1. The Kier molecular flexibility index (Phi) is 4.35. The monoisotopic (exact) mass is 238 g/mol. The molecule has 0 aromatic rings. The molecule has 0 aliphatic carbocycles. The van der Waals surface area contributed by atoms with Crippen LogP contribution in [-0.2, 0) is 4.65 Å². The van der Waals surface area contributed by atoms with Crippen LogP contribution in [0.3, 0.4) is 0 Å². The molecule has 0 N–H and O–H groups in total. The standard InChI is InChI=1S/C6H12BIO/c1-5(2)6(3)9-7(4)8/h1-4H3. The summed E-state index contributed by atoms with van der Waals surface area (Å²) in [4.78, 5) is 0. The maximum Gasteiger partial charge on any atom is 0.425 e. The molecule has 0 rings (SSSR count). The second-order valence-corrected chi connectivity index (χ2v) is 3.97. The number of rotatable bonds is 2. The maximum absolute atomic E-state index is 5.38. The molecule has 0 heterocycles. The molecule has 0 unspecified atom stereocenters. The van der Waals surface area contributed by atoms with Gasteiger partial charge in [0.05, 0.1) is 5.76 Å². The Morgan fingerprint density at radius 3 is 1.89 bits per heavy atom. The topological polar surface area (TPSA) is 9.23 Å². The fourth-order valence-electron chi connectivity index (χ4n) is 0.361. The van der Waals surface area contributed by atoms with E-state index in [2.05, 4.69) is 22.4 Å². The Morgan fingerprint density at radius 2 is 1.78 bits per heavy atom. The molecule has 1 nitrogen and oxygen atoms in total. The highest BCUT2D eigenvalue weighted by atomic mass is 127. The highest BCUT2D eigenvalue weighted by Gasteiger charge is 2.02. The van der Waals surface area contributed by atoms with Crippen LogP contribution in [0.5, 0.6) is 0 Å². The summed E-state index contributed by atoms with van der Waals surface area (Å²) in [7, 11) is 0. The normalized spacial score (nSPS) is 8.56. The van der Waals surface area contributed by atoms with Crippen LogP contribution in [0.4, 0.5) is 0 Å².